The molecule has 1 N–H and O–H groups in total. The zero-order valence-corrected chi connectivity index (χ0v) is 13.8. The lowest BCUT2D eigenvalue weighted by molar-refractivity contribution is 0.0629. The molecule has 0 aliphatic heterocycles. The van der Waals surface area contributed by atoms with Crippen molar-refractivity contribution in [2.45, 2.75) is 40.7 Å². The molecular weight excluding hydrogens is 262 g/mol. The molecule has 1 rings (SSSR count). The molecule has 1 atom stereocenters. The van der Waals surface area contributed by atoms with Crippen molar-refractivity contribution in [3.8, 4) is 11.8 Å². The molecule has 0 saturated carbocycles. The first-order valence-electron chi connectivity index (χ1n) is 7.16. The first-order valence-corrected chi connectivity index (χ1v) is 7.16. The Labute approximate surface area is 128 Å². The van der Waals surface area contributed by atoms with Crippen LogP contribution in [-0.4, -0.2) is 35.6 Å². The zero-order valence-electron chi connectivity index (χ0n) is 13.8. The number of nitrogens with zero attached hydrogens (tertiary/aromatic N) is 1. The lowest BCUT2D eigenvalue weighted by atomic mass is 9.87. The van der Waals surface area contributed by atoms with Gasteiger partial charge in [-0.3, -0.25) is 4.79 Å². The van der Waals surface area contributed by atoms with Crippen LogP contribution < -0.4 is 0 Å². The molecule has 114 valence electrons. The van der Waals surface area contributed by atoms with Crippen LogP contribution in [0.1, 0.15) is 49.2 Å². The van der Waals surface area contributed by atoms with Gasteiger partial charge in [-0.1, -0.05) is 38.7 Å². The average molecular weight is 287 g/mol. The number of aliphatic hydroxyl groups is 1. The van der Waals surface area contributed by atoms with Crippen molar-refractivity contribution in [1.82, 2.24) is 4.90 Å². The lowest BCUT2D eigenvalue weighted by Crippen LogP contribution is -2.43. The molecule has 0 aliphatic carbocycles. The molecule has 0 aromatic heterocycles. The Morgan fingerprint density at radius 2 is 2.00 bits per heavy atom. The fraction of sp³-hybridized carbons (Fsp3) is 0.500. The van der Waals surface area contributed by atoms with Gasteiger partial charge in [0.15, 0.2) is 0 Å². The van der Waals surface area contributed by atoms with Gasteiger partial charge in [-0.15, -0.1) is 0 Å². The number of aliphatic hydroxyl groups excluding tert-OH is 1. The van der Waals surface area contributed by atoms with Crippen molar-refractivity contribution in [1.29, 1.82) is 0 Å². The Hall–Kier alpha value is -1.79. The summed E-state index contributed by atoms with van der Waals surface area (Å²) in [7, 11) is 1.83. The van der Waals surface area contributed by atoms with Crippen LogP contribution in [0.3, 0.4) is 0 Å². The molecule has 0 fully saturated rings. The van der Waals surface area contributed by atoms with Crippen LogP contribution in [0.2, 0.25) is 0 Å². The average Bonchev–Trinajstić information content (AvgIpc) is 2.43. The first-order chi connectivity index (χ1) is 9.68. The quantitative estimate of drug-likeness (QED) is 0.850. The molecule has 0 radical (unpaired) electrons. The number of carbonyl (C=O) groups excluding carboxylic acids is 1. The van der Waals surface area contributed by atoms with Crippen LogP contribution in [0, 0.1) is 24.2 Å². The second-order valence-corrected chi connectivity index (χ2v) is 6.45. The Bertz CT molecular complexity index is 573. The van der Waals surface area contributed by atoms with Crippen molar-refractivity contribution in [3.05, 3.63) is 34.9 Å². The molecule has 0 heterocycles. The second-order valence-electron chi connectivity index (χ2n) is 6.45. The zero-order chi connectivity index (χ0) is 16.2. The summed E-state index contributed by atoms with van der Waals surface area (Å²) in [5, 5.41) is 8.80. The summed E-state index contributed by atoms with van der Waals surface area (Å²) < 4.78 is 0. The van der Waals surface area contributed by atoms with Crippen LogP contribution in [-0.2, 0) is 0 Å². The topological polar surface area (TPSA) is 40.5 Å². The summed E-state index contributed by atoms with van der Waals surface area (Å²) in [6, 6.07) is 5.64. The summed E-state index contributed by atoms with van der Waals surface area (Å²) in [6.45, 7) is 10.2. The van der Waals surface area contributed by atoms with Crippen molar-refractivity contribution < 1.29 is 9.90 Å². The van der Waals surface area contributed by atoms with Gasteiger partial charge >= 0.3 is 0 Å². The minimum atomic E-state index is -0.182. The maximum Gasteiger partial charge on any atom is 0.253 e. The number of carbonyl (C=O) groups is 1. The van der Waals surface area contributed by atoms with Crippen molar-refractivity contribution in [2.24, 2.45) is 5.41 Å². The number of rotatable bonds is 2. The largest absolute Gasteiger partial charge is 0.384 e. The highest BCUT2D eigenvalue weighted by molar-refractivity contribution is 5.94. The standard InChI is InChI=1S/C18H25NO2/c1-13-9-10-16(12-15(13)8-7-11-20)17(21)19(6)14(2)18(3,4)5/h9-10,12,14,20H,11H2,1-6H3. The number of aryl methyl sites for hydroxylation is 1. The minimum absolute atomic E-state index is 0.00975. The number of hydrogen-bond donors (Lipinski definition) is 1. The van der Waals surface area contributed by atoms with Crippen molar-refractivity contribution >= 4 is 5.91 Å². The molecule has 0 aliphatic rings. The van der Waals surface area contributed by atoms with Gasteiger partial charge in [-0.05, 0) is 37.0 Å². The van der Waals surface area contributed by atoms with Gasteiger partial charge in [0.05, 0.1) is 0 Å². The van der Waals surface area contributed by atoms with E-state index in [0.717, 1.165) is 11.1 Å². The Morgan fingerprint density at radius 1 is 1.38 bits per heavy atom. The molecule has 1 unspecified atom stereocenters. The second kappa shape index (κ2) is 6.78. The van der Waals surface area contributed by atoms with Gasteiger partial charge in [0.1, 0.15) is 6.61 Å². The predicted octanol–water partition coefficient (Wildman–Crippen LogP) is 2.85. The van der Waals surface area contributed by atoms with E-state index in [1.807, 2.05) is 26.1 Å². The van der Waals surface area contributed by atoms with Gasteiger partial charge in [0, 0.05) is 24.2 Å². The van der Waals surface area contributed by atoms with Gasteiger partial charge in [0.2, 0.25) is 0 Å². The van der Waals surface area contributed by atoms with Crippen molar-refractivity contribution in [3.63, 3.8) is 0 Å². The lowest BCUT2D eigenvalue weighted by Gasteiger charge is -2.35. The third-order valence-electron chi connectivity index (χ3n) is 3.94. The van der Waals surface area contributed by atoms with E-state index in [0.29, 0.717) is 5.56 Å². The van der Waals surface area contributed by atoms with Gasteiger partial charge in [-0.25, -0.2) is 0 Å². The molecule has 3 heteroatoms. The smallest absolute Gasteiger partial charge is 0.253 e. The third-order valence-corrected chi connectivity index (χ3v) is 3.94. The summed E-state index contributed by atoms with van der Waals surface area (Å²) in [5.74, 6) is 5.50. The van der Waals surface area contributed by atoms with Crippen molar-refractivity contribution in [2.75, 3.05) is 13.7 Å². The normalized spacial score (nSPS) is 12.3. The summed E-state index contributed by atoms with van der Waals surface area (Å²) in [5.41, 5.74) is 2.43. The van der Waals surface area contributed by atoms with Crippen LogP contribution in [0.4, 0.5) is 0 Å². The number of hydrogen-bond acceptors (Lipinski definition) is 2. The highest BCUT2D eigenvalue weighted by atomic mass is 16.2. The molecule has 0 bridgehead atoms. The Morgan fingerprint density at radius 3 is 2.52 bits per heavy atom. The van der Waals surface area contributed by atoms with E-state index >= 15 is 0 Å². The fourth-order valence-corrected chi connectivity index (χ4v) is 1.98. The maximum absolute atomic E-state index is 12.6. The van der Waals surface area contributed by atoms with Gasteiger partial charge in [-0.2, -0.15) is 0 Å². The monoisotopic (exact) mass is 287 g/mol. The molecule has 3 nitrogen and oxygen atoms in total. The van der Waals surface area contributed by atoms with Crippen LogP contribution >= 0.6 is 0 Å². The maximum atomic E-state index is 12.6. The number of benzene rings is 1. The van der Waals surface area contributed by atoms with E-state index in [4.69, 9.17) is 5.11 Å². The third kappa shape index (κ3) is 4.34. The molecular formula is C18H25NO2. The minimum Gasteiger partial charge on any atom is -0.384 e. The predicted molar refractivity (Wildman–Crippen MR) is 86.2 cm³/mol. The Kier molecular flexibility index (Phi) is 5.57. The van der Waals surface area contributed by atoms with Gasteiger partial charge < -0.3 is 10.0 Å². The van der Waals surface area contributed by atoms with E-state index in [1.54, 1.807) is 11.0 Å². The van der Waals surface area contributed by atoms with Gasteiger partial charge in [0.25, 0.3) is 5.91 Å². The summed E-state index contributed by atoms with van der Waals surface area (Å²) in [6.07, 6.45) is 0. The van der Waals surface area contributed by atoms with E-state index in [-0.39, 0.29) is 24.0 Å². The van der Waals surface area contributed by atoms with Crippen LogP contribution in [0.15, 0.2) is 18.2 Å². The summed E-state index contributed by atoms with van der Waals surface area (Å²) in [4.78, 5) is 14.4. The van der Waals surface area contributed by atoms with E-state index in [1.165, 1.54) is 0 Å². The van der Waals surface area contributed by atoms with Crippen LogP contribution in [0.25, 0.3) is 0 Å². The molecule has 21 heavy (non-hydrogen) atoms. The highest BCUT2D eigenvalue weighted by Crippen LogP contribution is 2.24. The highest BCUT2D eigenvalue weighted by Gasteiger charge is 2.27. The molecule has 0 saturated heterocycles. The molecule has 1 aromatic rings. The van der Waals surface area contributed by atoms with E-state index in [9.17, 15) is 4.79 Å². The molecule has 0 spiro atoms. The summed E-state index contributed by atoms with van der Waals surface area (Å²) >= 11 is 0. The van der Waals surface area contributed by atoms with Crippen LogP contribution in [0.5, 0.6) is 0 Å². The van der Waals surface area contributed by atoms with E-state index < -0.39 is 0 Å². The molecule has 1 aromatic carbocycles. The molecule has 1 amide bonds. The fourth-order valence-electron chi connectivity index (χ4n) is 1.98. The Balaban J connectivity index is 3.08. The SMILES string of the molecule is Cc1ccc(C(=O)N(C)C(C)C(C)(C)C)cc1C#CCO. The number of amides is 1. The first kappa shape index (κ1) is 17.3. The van der Waals surface area contributed by atoms with E-state index in [2.05, 4.69) is 39.5 Å².